The molecule has 85 valence electrons. The molecule has 0 spiro atoms. The second-order valence-electron chi connectivity index (χ2n) is 4.24. The molecule has 1 aliphatic heterocycles. The van der Waals surface area contributed by atoms with E-state index in [0.29, 0.717) is 16.5 Å². The minimum absolute atomic E-state index is 0.0186. The first kappa shape index (κ1) is 10.8. The number of rotatable bonds is 2. The van der Waals surface area contributed by atoms with E-state index < -0.39 is 0 Å². The maximum atomic E-state index is 12.1. The van der Waals surface area contributed by atoms with Gasteiger partial charge in [-0.15, -0.1) is 0 Å². The summed E-state index contributed by atoms with van der Waals surface area (Å²) in [5.41, 5.74) is 1.53. The molecule has 3 rings (SSSR count). The monoisotopic (exact) mass is 291 g/mol. The van der Waals surface area contributed by atoms with Gasteiger partial charge in [-0.1, -0.05) is 0 Å². The van der Waals surface area contributed by atoms with Gasteiger partial charge >= 0.3 is 108 Å². The van der Waals surface area contributed by atoms with Gasteiger partial charge in [0, 0.05) is 0 Å². The second kappa shape index (κ2) is 4.13. The van der Waals surface area contributed by atoms with Crippen LogP contribution >= 0.6 is 0 Å². The molecule has 0 N–H and O–H groups in total. The van der Waals surface area contributed by atoms with Gasteiger partial charge in [0.05, 0.1) is 0 Å². The Morgan fingerprint density at radius 2 is 2.00 bits per heavy atom. The summed E-state index contributed by atoms with van der Waals surface area (Å²) in [5.74, 6) is 0.0186. The Kier molecular flexibility index (Phi) is 2.61. The fraction of sp³-hybridized carbons (Fsp3) is 0.231. The van der Waals surface area contributed by atoms with Crippen LogP contribution in [-0.2, 0) is 4.79 Å². The summed E-state index contributed by atoms with van der Waals surface area (Å²) in [5, 5.41) is 0. The number of amides is 1. The van der Waals surface area contributed by atoms with Gasteiger partial charge in [-0.25, -0.2) is 0 Å². The summed E-state index contributed by atoms with van der Waals surface area (Å²) in [7, 11) is 0. The molecule has 4 heteroatoms. The van der Waals surface area contributed by atoms with Crippen LogP contribution < -0.4 is 0 Å². The predicted molar refractivity (Wildman–Crippen MR) is 67.5 cm³/mol. The van der Waals surface area contributed by atoms with Crippen molar-refractivity contribution in [3.63, 3.8) is 0 Å². The van der Waals surface area contributed by atoms with E-state index in [9.17, 15) is 4.79 Å². The Bertz CT molecular complexity index is 517. The van der Waals surface area contributed by atoms with E-state index >= 15 is 0 Å². The van der Waals surface area contributed by atoms with Gasteiger partial charge in [0.15, 0.2) is 0 Å². The summed E-state index contributed by atoms with van der Waals surface area (Å²) >= 11 is 2.87. The first-order chi connectivity index (χ1) is 8.25. The molecule has 0 unspecified atom stereocenters. The molecule has 1 aliphatic carbocycles. The predicted octanol–water partition coefficient (Wildman–Crippen LogP) is 1.56. The van der Waals surface area contributed by atoms with E-state index in [1.165, 1.54) is 0 Å². The molecule has 2 aliphatic rings. The molecule has 1 amide bonds. The van der Waals surface area contributed by atoms with Crippen molar-refractivity contribution in [2.24, 2.45) is 4.99 Å². The van der Waals surface area contributed by atoms with Crippen LogP contribution in [0.4, 0.5) is 0 Å². The molecule has 1 fully saturated rings. The van der Waals surface area contributed by atoms with Crippen molar-refractivity contribution < 1.29 is 4.79 Å². The first-order valence-electron chi connectivity index (χ1n) is 5.62. The molecule has 1 radical (unpaired) electrons. The number of aliphatic imine (C=N–C) groups is 1. The van der Waals surface area contributed by atoms with Crippen LogP contribution in [0, 0.1) is 0 Å². The van der Waals surface area contributed by atoms with Crippen LogP contribution in [0.3, 0.4) is 0 Å². The normalized spacial score (nSPS) is 22.1. The molecular formula is C13H11N2OSe. The third-order valence-electron chi connectivity index (χ3n) is 2.88. The quantitative estimate of drug-likeness (QED) is 0.601. The second-order valence-corrected chi connectivity index (χ2v) is 5.01. The van der Waals surface area contributed by atoms with E-state index in [2.05, 4.69) is 21.0 Å². The fourth-order valence-electron chi connectivity index (χ4n) is 1.87. The average molecular weight is 290 g/mol. The molecule has 0 bridgehead atoms. The van der Waals surface area contributed by atoms with Crippen LogP contribution in [0.2, 0.25) is 0 Å². The van der Waals surface area contributed by atoms with E-state index in [-0.39, 0.29) is 5.91 Å². The van der Waals surface area contributed by atoms with Crippen molar-refractivity contribution in [1.82, 2.24) is 4.90 Å². The van der Waals surface area contributed by atoms with E-state index in [4.69, 9.17) is 0 Å². The molecule has 0 saturated heterocycles. The summed E-state index contributed by atoms with van der Waals surface area (Å²) in [6.45, 7) is 0. The Labute approximate surface area is 108 Å². The number of carbonyl (C=O) groups is 1. The summed E-state index contributed by atoms with van der Waals surface area (Å²) in [6.07, 6.45) is 4.01. The Morgan fingerprint density at radius 1 is 1.29 bits per heavy atom. The van der Waals surface area contributed by atoms with E-state index in [1.807, 2.05) is 36.4 Å². The zero-order chi connectivity index (χ0) is 11.8. The van der Waals surface area contributed by atoms with Crippen molar-refractivity contribution >= 4 is 32.7 Å². The molecule has 1 aromatic carbocycles. The molecular weight excluding hydrogens is 279 g/mol. The number of hydrogen-bond donors (Lipinski definition) is 0. The van der Waals surface area contributed by atoms with E-state index in [0.717, 1.165) is 18.4 Å². The van der Waals surface area contributed by atoms with Crippen LogP contribution in [0.5, 0.6) is 0 Å². The van der Waals surface area contributed by atoms with Crippen molar-refractivity contribution in [2.45, 2.75) is 18.9 Å². The van der Waals surface area contributed by atoms with Gasteiger partial charge in [-0.2, -0.15) is 0 Å². The third kappa shape index (κ3) is 2.06. The minimum atomic E-state index is 0.0186. The van der Waals surface area contributed by atoms with Gasteiger partial charge in [0.25, 0.3) is 0 Å². The molecule has 1 saturated carbocycles. The Morgan fingerprint density at radius 3 is 2.65 bits per heavy atom. The third-order valence-corrected chi connectivity index (χ3v) is 3.48. The SMILES string of the molecule is O=C1/C(=C/c2ccccc2)N=C([Se])N1C1CC1. The fourth-order valence-corrected chi connectivity index (χ4v) is 2.56. The van der Waals surface area contributed by atoms with Crippen LogP contribution in [0.15, 0.2) is 41.0 Å². The molecule has 1 heterocycles. The molecule has 1 aromatic rings. The van der Waals surface area contributed by atoms with Gasteiger partial charge < -0.3 is 0 Å². The summed E-state index contributed by atoms with van der Waals surface area (Å²) in [6, 6.07) is 10.2. The van der Waals surface area contributed by atoms with Crippen LogP contribution in [-0.4, -0.2) is 37.6 Å². The summed E-state index contributed by atoms with van der Waals surface area (Å²) < 4.78 is 0.708. The van der Waals surface area contributed by atoms with Crippen molar-refractivity contribution in [3.05, 3.63) is 41.6 Å². The zero-order valence-electron chi connectivity index (χ0n) is 9.17. The van der Waals surface area contributed by atoms with Gasteiger partial charge in [0.2, 0.25) is 0 Å². The zero-order valence-corrected chi connectivity index (χ0v) is 10.9. The average Bonchev–Trinajstić information content (AvgIpc) is 3.10. The van der Waals surface area contributed by atoms with Crippen molar-refractivity contribution in [3.8, 4) is 0 Å². The Balaban J connectivity index is 1.90. The van der Waals surface area contributed by atoms with Crippen molar-refractivity contribution in [1.29, 1.82) is 0 Å². The van der Waals surface area contributed by atoms with Gasteiger partial charge in [0.1, 0.15) is 0 Å². The number of hydrogen-bond acceptors (Lipinski definition) is 2. The number of amidine groups is 1. The number of nitrogens with zero attached hydrogens (tertiary/aromatic N) is 2. The first-order valence-corrected chi connectivity index (χ1v) is 6.47. The molecule has 17 heavy (non-hydrogen) atoms. The van der Waals surface area contributed by atoms with Crippen LogP contribution in [0.25, 0.3) is 6.08 Å². The topological polar surface area (TPSA) is 32.7 Å². The molecule has 0 aromatic heterocycles. The summed E-state index contributed by atoms with van der Waals surface area (Å²) in [4.78, 5) is 18.2. The molecule has 3 nitrogen and oxygen atoms in total. The van der Waals surface area contributed by atoms with Gasteiger partial charge in [-0.3, -0.25) is 0 Å². The molecule has 0 atom stereocenters. The van der Waals surface area contributed by atoms with Gasteiger partial charge in [-0.05, 0) is 0 Å². The maximum absolute atomic E-state index is 12.1. The van der Waals surface area contributed by atoms with E-state index in [1.54, 1.807) is 4.90 Å². The standard InChI is InChI=1S/C13H11N2OSe/c16-12-11(8-9-4-2-1-3-5-9)14-13(17)15(12)10-6-7-10/h1-5,8,10H,6-7H2/b11-8-. The number of benzene rings is 1. The number of carbonyl (C=O) groups excluding carboxylic acids is 1. The van der Waals surface area contributed by atoms with Crippen LogP contribution in [0.1, 0.15) is 18.4 Å². The van der Waals surface area contributed by atoms with Crippen molar-refractivity contribution in [2.75, 3.05) is 0 Å². The Hall–Kier alpha value is -1.38.